The average molecular weight is 313 g/mol. The highest BCUT2D eigenvalue weighted by Crippen LogP contribution is 2.42. The lowest BCUT2D eigenvalue weighted by molar-refractivity contribution is 0.171. The molecule has 2 aromatic rings. The number of benzene rings is 1. The lowest BCUT2D eigenvalue weighted by atomic mass is 10.0. The van der Waals surface area contributed by atoms with Crippen LogP contribution in [0.5, 0.6) is 11.5 Å². The Balaban J connectivity index is 1.44. The van der Waals surface area contributed by atoms with Crippen molar-refractivity contribution in [2.24, 2.45) is 0 Å². The zero-order valence-corrected chi connectivity index (χ0v) is 12.9. The summed E-state index contributed by atoms with van der Waals surface area (Å²) in [5, 5.41) is 4.15. The summed E-state index contributed by atoms with van der Waals surface area (Å²) in [6.45, 7) is 2.18. The zero-order valence-electron chi connectivity index (χ0n) is 12.9. The van der Waals surface area contributed by atoms with Gasteiger partial charge in [0.1, 0.15) is 13.2 Å². The van der Waals surface area contributed by atoms with Gasteiger partial charge in [0.05, 0.1) is 6.04 Å². The average Bonchev–Trinajstić information content (AvgIpc) is 3.12. The molecule has 3 aliphatic rings. The predicted octanol–water partition coefficient (Wildman–Crippen LogP) is 3.06. The van der Waals surface area contributed by atoms with Crippen LogP contribution in [-0.4, -0.2) is 29.9 Å². The summed E-state index contributed by atoms with van der Waals surface area (Å²) >= 11 is 0. The third-order valence-corrected chi connectivity index (χ3v) is 4.82. The van der Waals surface area contributed by atoms with E-state index in [4.69, 9.17) is 14.0 Å². The predicted molar refractivity (Wildman–Crippen MR) is 83.0 cm³/mol. The molecule has 1 aromatic carbocycles. The van der Waals surface area contributed by atoms with Crippen molar-refractivity contribution in [1.29, 1.82) is 0 Å². The molecule has 6 heteroatoms. The molecule has 23 heavy (non-hydrogen) atoms. The Morgan fingerprint density at radius 1 is 1.04 bits per heavy atom. The Bertz CT molecular complexity index is 726. The highest BCUT2D eigenvalue weighted by atomic mass is 16.6. The van der Waals surface area contributed by atoms with Crippen LogP contribution in [0.2, 0.25) is 0 Å². The van der Waals surface area contributed by atoms with Gasteiger partial charge in [-0.25, -0.2) is 0 Å². The Kier molecular flexibility index (Phi) is 2.96. The minimum absolute atomic E-state index is 0.262. The van der Waals surface area contributed by atoms with E-state index in [-0.39, 0.29) is 6.04 Å². The molecule has 2 aliphatic heterocycles. The van der Waals surface area contributed by atoms with Crippen LogP contribution in [0.15, 0.2) is 22.7 Å². The largest absolute Gasteiger partial charge is 0.486 e. The first kappa shape index (κ1) is 13.2. The Hall–Kier alpha value is -2.24. The third kappa shape index (κ3) is 2.33. The summed E-state index contributed by atoms with van der Waals surface area (Å²) in [5.74, 6) is 3.05. The van der Waals surface area contributed by atoms with Gasteiger partial charge in [0.2, 0.25) is 0 Å². The molecule has 5 rings (SSSR count). The maximum Gasteiger partial charge on any atom is 0.324 e. The molecule has 2 fully saturated rings. The van der Waals surface area contributed by atoms with Crippen LogP contribution < -0.4 is 14.4 Å². The third-order valence-electron chi connectivity index (χ3n) is 4.82. The van der Waals surface area contributed by atoms with Gasteiger partial charge in [0, 0.05) is 12.5 Å². The van der Waals surface area contributed by atoms with Crippen molar-refractivity contribution < 1.29 is 14.0 Å². The molecular formula is C17H19N3O3. The molecule has 0 amide bonds. The van der Waals surface area contributed by atoms with E-state index in [1.165, 1.54) is 18.4 Å². The van der Waals surface area contributed by atoms with Crippen LogP contribution >= 0.6 is 0 Å². The second-order valence-electron chi connectivity index (χ2n) is 6.46. The first-order valence-corrected chi connectivity index (χ1v) is 8.38. The minimum atomic E-state index is 0.262. The molecule has 1 saturated heterocycles. The number of nitrogens with zero attached hydrogens (tertiary/aromatic N) is 3. The summed E-state index contributed by atoms with van der Waals surface area (Å²) in [6.07, 6.45) is 4.58. The summed E-state index contributed by atoms with van der Waals surface area (Å²) in [5.41, 5.74) is 1.22. The van der Waals surface area contributed by atoms with Gasteiger partial charge in [0.25, 0.3) is 0 Å². The van der Waals surface area contributed by atoms with Gasteiger partial charge < -0.3 is 18.9 Å². The van der Waals surface area contributed by atoms with Gasteiger partial charge in [-0.2, -0.15) is 4.98 Å². The van der Waals surface area contributed by atoms with E-state index in [1.54, 1.807) is 0 Å². The molecule has 120 valence electrons. The second-order valence-corrected chi connectivity index (χ2v) is 6.46. The molecule has 0 bridgehead atoms. The standard InChI is InChI=1S/C17H19N3O3/c1-2-13(12-5-6-14-15(10-12)22-9-8-21-14)20(7-1)17-18-16(19-23-17)11-3-4-11/h5-6,10-11,13H,1-4,7-9H2/t13-/m0/s1. The number of ether oxygens (including phenoxy) is 2. The molecule has 0 unspecified atom stereocenters. The number of rotatable bonds is 3. The van der Waals surface area contributed by atoms with E-state index in [1.807, 2.05) is 6.07 Å². The Labute approximate surface area is 134 Å². The van der Waals surface area contributed by atoms with Crippen molar-refractivity contribution in [2.75, 3.05) is 24.7 Å². The first-order valence-electron chi connectivity index (χ1n) is 8.38. The van der Waals surface area contributed by atoms with Gasteiger partial charge >= 0.3 is 6.01 Å². The van der Waals surface area contributed by atoms with E-state index in [9.17, 15) is 0 Å². The number of aromatic nitrogens is 2. The highest BCUT2D eigenvalue weighted by molar-refractivity contribution is 5.47. The maximum atomic E-state index is 5.71. The fourth-order valence-corrected chi connectivity index (χ4v) is 3.46. The van der Waals surface area contributed by atoms with Crippen LogP contribution in [0, 0.1) is 0 Å². The first-order chi connectivity index (χ1) is 11.4. The molecule has 6 nitrogen and oxygen atoms in total. The Morgan fingerprint density at radius 3 is 2.78 bits per heavy atom. The van der Waals surface area contributed by atoms with Gasteiger partial charge in [-0.3, -0.25) is 0 Å². The number of hydrogen-bond acceptors (Lipinski definition) is 6. The molecule has 3 heterocycles. The lowest BCUT2D eigenvalue weighted by Gasteiger charge is -2.25. The maximum absolute atomic E-state index is 5.71. The van der Waals surface area contributed by atoms with Crippen molar-refractivity contribution in [3.63, 3.8) is 0 Å². The SMILES string of the molecule is c1cc2c(cc1[C@@H]1CCCN1c1nc(C3CC3)no1)OCCO2. The van der Waals surface area contributed by atoms with Crippen molar-refractivity contribution in [3.05, 3.63) is 29.6 Å². The molecule has 1 atom stereocenters. The fourth-order valence-electron chi connectivity index (χ4n) is 3.46. The van der Waals surface area contributed by atoms with Gasteiger partial charge in [0.15, 0.2) is 17.3 Å². The van der Waals surface area contributed by atoms with Crippen LogP contribution in [0.4, 0.5) is 6.01 Å². The molecule has 1 aliphatic carbocycles. The molecule has 1 saturated carbocycles. The van der Waals surface area contributed by atoms with E-state index >= 15 is 0 Å². The van der Waals surface area contributed by atoms with Crippen molar-refractivity contribution in [3.8, 4) is 11.5 Å². The number of anilines is 1. The minimum Gasteiger partial charge on any atom is -0.486 e. The molecule has 0 N–H and O–H groups in total. The number of hydrogen-bond donors (Lipinski definition) is 0. The second kappa shape index (κ2) is 5.15. The van der Waals surface area contributed by atoms with Crippen LogP contribution in [-0.2, 0) is 0 Å². The molecule has 0 spiro atoms. The topological polar surface area (TPSA) is 60.6 Å². The van der Waals surface area contributed by atoms with Gasteiger partial charge in [-0.15, -0.1) is 0 Å². The van der Waals surface area contributed by atoms with E-state index < -0.39 is 0 Å². The highest BCUT2D eigenvalue weighted by Gasteiger charge is 2.34. The van der Waals surface area contributed by atoms with E-state index in [0.29, 0.717) is 25.1 Å². The van der Waals surface area contributed by atoms with Crippen LogP contribution in [0.25, 0.3) is 0 Å². The fraction of sp³-hybridized carbons (Fsp3) is 0.529. The smallest absolute Gasteiger partial charge is 0.324 e. The number of fused-ring (bicyclic) bond motifs is 1. The Morgan fingerprint density at radius 2 is 1.91 bits per heavy atom. The van der Waals surface area contributed by atoms with Crippen LogP contribution in [0.3, 0.4) is 0 Å². The van der Waals surface area contributed by atoms with Crippen LogP contribution in [0.1, 0.15) is 49.0 Å². The van der Waals surface area contributed by atoms with Gasteiger partial charge in [-0.05, 0) is 43.4 Å². The normalized spacial score (nSPS) is 23.3. The quantitative estimate of drug-likeness (QED) is 0.868. The van der Waals surface area contributed by atoms with E-state index in [2.05, 4.69) is 27.2 Å². The van der Waals surface area contributed by atoms with Crippen molar-refractivity contribution in [2.45, 2.75) is 37.6 Å². The molecular weight excluding hydrogens is 294 g/mol. The summed E-state index contributed by atoms with van der Waals surface area (Å²) in [6, 6.07) is 7.14. The van der Waals surface area contributed by atoms with Gasteiger partial charge in [-0.1, -0.05) is 11.2 Å². The lowest BCUT2D eigenvalue weighted by Crippen LogP contribution is -2.23. The van der Waals surface area contributed by atoms with Crippen molar-refractivity contribution >= 4 is 6.01 Å². The molecule has 1 aromatic heterocycles. The summed E-state index contributed by atoms with van der Waals surface area (Å²) in [4.78, 5) is 6.84. The summed E-state index contributed by atoms with van der Waals surface area (Å²) < 4.78 is 16.8. The monoisotopic (exact) mass is 313 g/mol. The van der Waals surface area contributed by atoms with E-state index in [0.717, 1.165) is 36.7 Å². The summed E-state index contributed by atoms with van der Waals surface area (Å²) in [7, 11) is 0. The molecule has 0 radical (unpaired) electrons. The zero-order chi connectivity index (χ0) is 15.2. The van der Waals surface area contributed by atoms with Crippen molar-refractivity contribution in [1.82, 2.24) is 10.1 Å².